The molecule has 72 valence electrons. The Morgan fingerprint density at radius 2 is 2.07 bits per heavy atom. The first-order valence-corrected chi connectivity index (χ1v) is 5.02. The third-order valence-electron chi connectivity index (χ3n) is 1.90. The Kier molecular flexibility index (Phi) is 2.49. The number of benzene rings is 1. The Labute approximate surface area is 88.7 Å². The van der Waals surface area contributed by atoms with E-state index in [9.17, 15) is 4.39 Å². The van der Waals surface area contributed by atoms with E-state index < -0.39 is 12.2 Å². The number of hydrogen-bond acceptors (Lipinski definition) is 3. The van der Waals surface area contributed by atoms with Crippen LogP contribution >= 0.6 is 22.9 Å². The third kappa shape index (κ3) is 1.52. The van der Waals surface area contributed by atoms with Gasteiger partial charge in [-0.25, -0.2) is 0 Å². The van der Waals surface area contributed by atoms with E-state index in [-0.39, 0.29) is 5.46 Å². The lowest BCUT2D eigenvalue weighted by molar-refractivity contribution is 0.424. The molecule has 0 saturated carbocycles. The maximum atomic E-state index is 13.2. The van der Waals surface area contributed by atoms with Gasteiger partial charge in [0.05, 0.1) is 0 Å². The molecular weight excluding hydrogens is 225 g/mol. The Morgan fingerprint density at radius 1 is 1.36 bits per heavy atom. The summed E-state index contributed by atoms with van der Waals surface area (Å²) in [6, 6.07) is 4.75. The normalized spacial score (nSPS) is 10.9. The summed E-state index contributed by atoms with van der Waals surface area (Å²) in [7, 11) is -1.79. The van der Waals surface area contributed by atoms with Crippen LogP contribution in [0.25, 0.3) is 10.1 Å². The van der Waals surface area contributed by atoms with Crippen molar-refractivity contribution in [2.75, 3.05) is 0 Å². The second-order valence-electron chi connectivity index (χ2n) is 2.80. The van der Waals surface area contributed by atoms with Crippen molar-refractivity contribution in [1.82, 2.24) is 0 Å². The van der Waals surface area contributed by atoms with Crippen LogP contribution in [0.3, 0.4) is 0 Å². The molecule has 0 amide bonds. The predicted octanol–water partition coefficient (Wildman–Crippen LogP) is 1.37. The molecule has 0 saturated heterocycles. The topological polar surface area (TPSA) is 40.5 Å². The van der Waals surface area contributed by atoms with Gasteiger partial charge in [0, 0.05) is 15.2 Å². The molecule has 0 fully saturated rings. The lowest BCUT2D eigenvalue weighted by Gasteiger charge is -1.96. The van der Waals surface area contributed by atoms with Crippen LogP contribution in [-0.4, -0.2) is 17.2 Å². The maximum Gasteiger partial charge on any atom is 0.493 e. The van der Waals surface area contributed by atoms with Crippen LogP contribution in [0.2, 0.25) is 5.02 Å². The van der Waals surface area contributed by atoms with Gasteiger partial charge < -0.3 is 10.0 Å². The Hall–Kier alpha value is -0.615. The van der Waals surface area contributed by atoms with Crippen molar-refractivity contribution in [3.63, 3.8) is 0 Å². The van der Waals surface area contributed by atoms with E-state index in [1.165, 1.54) is 0 Å². The summed E-state index contributed by atoms with van der Waals surface area (Å²) in [5.41, 5.74) is -0.0818. The molecule has 2 nitrogen and oxygen atoms in total. The minimum atomic E-state index is -1.79. The van der Waals surface area contributed by atoms with Crippen LogP contribution in [0, 0.1) is 5.13 Å². The molecule has 0 aliphatic heterocycles. The molecule has 0 spiro atoms. The van der Waals surface area contributed by atoms with Gasteiger partial charge in [-0.2, -0.15) is 4.39 Å². The molecule has 0 aliphatic rings. The fraction of sp³-hybridized carbons (Fsp3) is 0. The molecule has 14 heavy (non-hydrogen) atoms. The summed E-state index contributed by atoms with van der Waals surface area (Å²) in [5, 5.41) is 18.3. The van der Waals surface area contributed by atoms with Crippen molar-refractivity contribution in [2.45, 2.75) is 0 Å². The van der Waals surface area contributed by atoms with E-state index in [1.54, 1.807) is 18.2 Å². The third-order valence-corrected chi connectivity index (χ3v) is 3.10. The molecule has 6 heteroatoms. The lowest BCUT2D eigenvalue weighted by atomic mass is 9.80. The number of thiophene rings is 1. The van der Waals surface area contributed by atoms with Gasteiger partial charge in [0.15, 0.2) is 5.13 Å². The molecule has 0 bridgehead atoms. The maximum absolute atomic E-state index is 13.2. The van der Waals surface area contributed by atoms with E-state index in [0.717, 1.165) is 11.3 Å². The zero-order chi connectivity index (χ0) is 10.3. The Morgan fingerprint density at radius 3 is 2.71 bits per heavy atom. The second kappa shape index (κ2) is 3.51. The molecule has 0 radical (unpaired) electrons. The van der Waals surface area contributed by atoms with Crippen LogP contribution in [0.1, 0.15) is 0 Å². The van der Waals surface area contributed by atoms with Crippen molar-refractivity contribution in [3.05, 3.63) is 28.4 Å². The van der Waals surface area contributed by atoms with Gasteiger partial charge in [0.1, 0.15) is 0 Å². The predicted molar refractivity (Wildman–Crippen MR) is 56.6 cm³/mol. The second-order valence-corrected chi connectivity index (χ2v) is 4.24. The fourth-order valence-corrected chi connectivity index (χ4v) is 2.53. The van der Waals surface area contributed by atoms with E-state index in [4.69, 9.17) is 21.6 Å². The fourth-order valence-electron chi connectivity index (χ4n) is 1.30. The molecule has 0 atom stereocenters. The standard InChI is InChI=1S/C8H5BClFO2S/c10-4-1-2-5-6(3-4)14-8(11)7(5)9(12)13/h1-3,12-13H. The smallest absolute Gasteiger partial charge is 0.423 e. The summed E-state index contributed by atoms with van der Waals surface area (Å²) in [5.74, 6) is 0. The summed E-state index contributed by atoms with van der Waals surface area (Å²) in [6.07, 6.45) is 0. The number of hydrogen-bond donors (Lipinski definition) is 2. The zero-order valence-corrected chi connectivity index (χ0v) is 8.44. The number of rotatable bonds is 1. The molecule has 1 heterocycles. The molecule has 0 unspecified atom stereocenters. The minimum absolute atomic E-state index is 0.0818. The highest BCUT2D eigenvalue weighted by Crippen LogP contribution is 2.25. The van der Waals surface area contributed by atoms with E-state index in [2.05, 4.69) is 0 Å². The van der Waals surface area contributed by atoms with Gasteiger partial charge in [0.2, 0.25) is 0 Å². The number of fused-ring (bicyclic) bond motifs is 1. The Bertz CT molecular complexity index is 485. The van der Waals surface area contributed by atoms with Gasteiger partial charge >= 0.3 is 7.12 Å². The molecule has 2 N–H and O–H groups in total. The molecule has 1 aromatic heterocycles. The van der Waals surface area contributed by atoms with Crippen molar-refractivity contribution in [2.24, 2.45) is 0 Å². The molecule has 1 aromatic carbocycles. The van der Waals surface area contributed by atoms with Crippen LogP contribution in [0.15, 0.2) is 18.2 Å². The average Bonchev–Trinajstić information content (AvgIpc) is 2.39. The van der Waals surface area contributed by atoms with E-state index >= 15 is 0 Å². The van der Waals surface area contributed by atoms with Gasteiger partial charge in [-0.15, -0.1) is 11.3 Å². The average molecular weight is 230 g/mol. The van der Waals surface area contributed by atoms with Gasteiger partial charge in [-0.3, -0.25) is 0 Å². The van der Waals surface area contributed by atoms with Crippen molar-refractivity contribution >= 4 is 45.6 Å². The van der Waals surface area contributed by atoms with Crippen LogP contribution in [0.5, 0.6) is 0 Å². The van der Waals surface area contributed by atoms with Crippen LogP contribution in [-0.2, 0) is 0 Å². The molecule has 0 aliphatic carbocycles. The Balaban J connectivity index is 2.77. The monoisotopic (exact) mass is 230 g/mol. The first kappa shape index (κ1) is 9.92. The van der Waals surface area contributed by atoms with E-state index in [0.29, 0.717) is 15.1 Å². The van der Waals surface area contributed by atoms with Crippen molar-refractivity contribution in [3.8, 4) is 0 Å². The van der Waals surface area contributed by atoms with Crippen molar-refractivity contribution in [1.29, 1.82) is 0 Å². The largest absolute Gasteiger partial charge is 0.493 e. The molecule has 2 rings (SSSR count). The highest BCUT2D eigenvalue weighted by molar-refractivity contribution is 7.19. The van der Waals surface area contributed by atoms with Gasteiger partial charge in [-0.05, 0) is 17.5 Å². The highest BCUT2D eigenvalue weighted by Gasteiger charge is 2.22. The summed E-state index contributed by atoms with van der Waals surface area (Å²) in [6.45, 7) is 0. The van der Waals surface area contributed by atoms with Crippen LogP contribution < -0.4 is 5.46 Å². The summed E-state index contributed by atoms with van der Waals surface area (Å²) >= 11 is 6.57. The van der Waals surface area contributed by atoms with Crippen LogP contribution in [0.4, 0.5) is 4.39 Å². The minimum Gasteiger partial charge on any atom is -0.423 e. The summed E-state index contributed by atoms with van der Waals surface area (Å²) < 4.78 is 13.9. The van der Waals surface area contributed by atoms with Gasteiger partial charge in [-0.1, -0.05) is 17.7 Å². The number of halogens is 2. The van der Waals surface area contributed by atoms with Gasteiger partial charge in [0.25, 0.3) is 0 Å². The highest BCUT2D eigenvalue weighted by atomic mass is 35.5. The lowest BCUT2D eigenvalue weighted by Crippen LogP contribution is -2.31. The summed E-state index contributed by atoms with van der Waals surface area (Å²) in [4.78, 5) is 0. The first-order chi connectivity index (χ1) is 6.59. The molecular formula is C8H5BClFO2S. The first-order valence-electron chi connectivity index (χ1n) is 3.83. The van der Waals surface area contributed by atoms with Crippen molar-refractivity contribution < 1.29 is 14.4 Å². The quantitative estimate of drug-likeness (QED) is 0.727. The zero-order valence-electron chi connectivity index (χ0n) is 6.87. The van der Waals surface area contributed by atoms with E-state index in [1.807, 2.05) is 0 Å². The molecule has 2 aromatic rings. The SMILES string of the molecule is OB(O)c1c(F)sc2cc(Cl)ccc12.